The molecule has 0 saturated heterocycles. The Balaban J connectivity index is 1.95. The zero-order chi connectivity index (χ0) is 12.1. The Kier molecular flexibility index (Phi) is 4.11. The normalized spacial score (nSPS) is 24.2. The van der Waals surface area contributed by atoms with Crippen molar-refractivity contribution in [3.8, 4) is 6.07 Å². The van der Waals surface area contributed by atoms with Gasteiger partial charge in [0.2, 0.25) is 0 Å². The quantitative estimate of drug-likeness (QED) is 0.801. The maximum atomic E-state index is 8.94. The molecule has 2 rings (SSSR count). The molecule has 0 aromatic carbocycles. The second kappa shape index (κ2) is 5.79. The van der Waals surface area contributed by atoms with Crippen LogP contribution in [0.25, 0.3) is 0 Å². The van der Waals surface area contributed by atoms with Gasteiger partial charge in [-0.25, -0.2) is 4.98 Å². The first-order chi connectivity index (χ1) is 8.31. The van der Waals surface area contributed by atoms with Crippen molar-refractivity contribution < 1.29 is 4.74 Å². The SMILES string of the molecule is CC1CCCCC1OCc1cccnc1C#N. The Bertz CT molecular complexity index is 411. The Morgan fingerprint density at radius 3 is 3.06 bits per heavy atom. The van der Waals surface area contributed by atoms with Crippen LogP contribution in [0.15, 0.2) is 18.3 Å². The number of hydrogen-bond acceptors (Lipinski definition) is 3. The topological polar surface area (TPSA) is 45.9 Å². The van der Waals surface area contributed by atoms with Gasteiger partial charge in [0.1, 0.15) is 11.8 Å². The first kappa shape index (κ1) is 12.1. The van der Waals surface area contributed by atoms with Crippen molar-refractivity contribution in [1.82, 2.24) is 4.98 Å². The molecule has 0 N–H and O–H groups in total. The molecule has 1 aromatic heterocycles. The Morgan fingerprint density at radius 1 is 1.47 bits per heavy atom. The van der Waals surface area contributed by atoms with Gasteiger partial charge in [-0.2, -0.15) is 5.26 Å². The van der Waals surface area contributed by atoms with Gasteiger partial charge < -0.3 is 4.74 Å². The van der Waals surface area contributed by atoms with Crippen molar-refractivity contribution in [2.75, 3.05) is 0 Å². The van der Waals surface area contributed by atoms with Gasteiger partial charge in [-0.05, 0) is 24.8 Å². The van der Waals surface area contributed by atoms with Crippen molar-refractivity contribution in [2.24, 2.45) is 5.92 Å². The molecule has 1 aliphatic rings. The maximum absolute atomic E-state index is 8.94. The van der Waals surface area contributed by atoms with Gasteiger partial charge in [-0.15, -0.1) is 0 Å². The van der Waals surface area contributed by atoms with E-state index < -0.39 is 0 Å². The van der Waals surface area contributed by atoms with Crippen LogP contribution in [-0.4, -0.2) is 11.1 Å². The summed E-state index contributed by atoms with van der Waals surface area (Å²) in [4.78, 5) is 4.04. The van der Waals surface area contributed by atoms with Gasteiger partial charge in [-0.1, -0.05) is 25.8 Å². The van der Waals surface area contributed by atoms with E-state index in [0.717, 1.165) is 12.0 Å². The van der Waals surface area contributed by atoms with E-state index in [2.05, 4.69) is 18.0 Å². The summed E-state index contributed by atoms with van der Waals surface area (Å²) in [5.74, 6) is 0.631. The lowest BCUT2D eigenvalue weighted by molar-refractivity contribution is -0.0156. The third-order valence-electron chi connectivity index (χ3n) is 3.48. The summed E-state index contributed by atoms with van der Waals surface area (Å²) >= 11 is 0. The molecule has 2 atom stereocenters. The average Bonchev–Trinajstić information content (AvgIpc) is 2.38. The Hall–Kier alpha value is -1.40. The minimum absolute atomic E-state index is 0.343. The van der Waals surface area contributed by atoms with Crippen LogP contribution >= 0.6 is 0 Å². The van der Waals surface area contributed by atoms with Gasteiger partial charge in [0.15, 0.2) is 0 Å². The van der Waals surface area contributed by atoms with Crippen molar-refractivity contribution in [1.29, 1.82) is 5.26 Å². The zero-order valence-corrected chi connectivity index (χ0v) is 10.2. The number of pyridine rings is 1. The molecule has 17 heavy (non-hydrogen) atoms. The fraction of sp³-hybridized carbons (Fsp3) is 0.571. The number of aromatic nitrogens is 1. The van der Waals surface area contributed by atoms with E-state index in [4.69, 9.17) is 10.00 Å². The lowest BCUT2D eigenvalue weighted by Crippen LogP contribution is -2.25. The van der Waals surface area contributed by atoms with E-state index in [1.54, 1.807) is 6.20 Å². The number of nitrogens with zero attached hydrogens (tertiary/aromatic N) is 2. The summed E-state index contributed by atoms with van der Waals surface area (Å²) in [6.07, 6.45) is 6.96. The lowest BCUT2D eigenvalue weighted by Gasteiger charge is -2.28. The largest absolute Gasteiger partial charge is 0.373 e. The number of hydrogen-bond donors (Lipinski definition) is 0. The number of rotatable bonds is 3. The van der Waals surface area contributed by atoms with Gasteiger partial charge in [0.05, 0.1) is 12.7 Å². The van der Waals surface area contributed by atoms with Crippen molar-refractivity contribution in [2.45, 2.75) is 45.3 Å². The van der Waals surface area contributed by atoms with Crippen LogP contribution in [0.2, 0.25) is 0 Å². The van der Waals surface area contributed by atoms with E-state index in [9.17, 15) is 0 Å². The molecular formula is C14H18N2O. The van der Waals surface area contributed by atoms with Gasteiger partial charge in [-0.3, -0.25) is 0 Å². The summed E-state index contributed by atoms with van der Waals surface area (Å²) in [6.45, 7) is 2.75. The Labute approximate surface area is 102 Å². The van der Waals surface area contributed by atoms with E-state index in [1.165, 1.54) is 19.3 Å². The predicted molar refractivity (Wildman–Crippen MR) is 65.2 cm³/mol. The molecule has 0 radical (unpaired) electrons. The monoisotopic (exact) mass is 230 g/mol. The van der Waals surface area contributed by atoms with Gasteiger partial charge in [0, 0.05) is 11.8 Å². The van der Waals surface area contributed by atoms with Crippen LogP contribution < -0.4 is 0 Å². The molecule has 1 aliphatic carbocycles. The molecule has 0 aliphatic heterocycles. The summed E-state index contributed by atoms with van der Waals surface area (Å²) < 4.78 is 5.93. The van der Waals surface area contributed by atoms with Crippen molar-refractivity contribution in [3.63, 3.8) is 0 Å². The highest BCUT2D eigenvalue weighted by atomic mass is 16.5. The van der Waals surface area contributed by atoms with Crippen LogP contribution in [0.5, 0.6) is 0 Å². The lowest BCUT2D eigenvalue weighted by atomic mass is 9.88. The zero-order valence-electron chi connectivity index (χ0n) is 10.2. The van der Waals surface area contributed by atoms with Crippen molar-refractivity contribution >= 4 is 0 Å². The third kappa shape index (κ3) is 3.04. The second-order valence-corrected chi connectivity index (χ2v) is 4.73. The van der Waals surface area contributed by atoms with Crippen LogP contribution in [0.1, 0.15) is 43.9 Å². The summed E-state index contributed by atoms with van der Waals surface area (Å²) in [5.41, 5.74) is 1.38. The summed E-state index contributed by atoms with van der Waals surface area (Å²) in [7, 11) is 0. The molecule has 3 heteroatoms. The molecule has 1 aromatic rings. The molecular weight excluding hydrogens is 212 g/mol. The predicted octanol–water partition coefficient (Wildman–Crippen LogP) is 3.05. The minimum atomic E-state index is 0.343. The van der Waals surface area contributed by atoms with E-state index >= 15 is 0 Å². The van der Waals surface area contributed by atoms with E-state index in [-0.39, 0.29) is 0 Å². The molecule has 3 nitrogen and oxygen atoms in total. The van der Waals surface area contributed by atoms with Crippen LogP contribution in [-0.2, 0) is 11.3 Å². The highest BCUT2D eigenvalue weighted by molar-refractivity contribution is 5.29. The van der Waals surface area contributed by atoms with E-state index in [0.29, 0.717) is 24.3 Å². The average molecular weight is 230 g/mol. The first-order valence-corrected chi connectivity index (χ1v) is 6.27. The summed E-state index contributed by atoms with van der Waals surface area (Å²) in [6, 6.07) is 5.87. The third-order valence-corrected chi connectivity index (χ3v) is 3.48. The maximum Gasteiger partial charge on any atom is 0.145 e. The molecule has 0 amide bonds. The Morgan fingerprint density at radius 2 is 2.29 bits per heavy atom. The smallest absolute Gasteiger partial charge is 0.145 e. The van der Waals surface area contributed by atoms with Gasteiger partial charge in [0.25, 0.3) is 0 Å². The molecule has 0 spiro atoms. The fourth-order valence-electron chi connectivity index (χ4n) is 2.38. The molecule has 1 saturated carbocycles. The number of nitriles is 1. The minimum Gasteiger partial charge on any atom is -0.373 e. The second-order valence-electron chi connectivity index (χ2n) is 4.73. The highest BCUT2D eigenvalue weighted by Crippen LogP contribution is 2.27. The van der Waals surface area contributed by atoms with E-state index in [1.807, 2.05) is 12.1 Å². The molecule has 2 unspecified atom stereocenters. The number of ether oxygens (including phenoxy) is 1. The first-order valence-electron chi connectivity index (χ1n) is 6.27. The molecule has 90 valence electrons. The van der Waals surface area contributed by atoms with Crippen LogP contribution in [0, 0.1) is 17.2 Å². The van der Waals surface area contributed by atoms with Crippen LogP contribution in [0.3, 0.4) is 0 Å². The molecule has 1 heterocycles. The fourth-order valence-corrected chi connectivity index (χ4v) is 2.38. The van der Waals surface area contributed by atoms with Crippen LogP contribution in [0.4, 0.5) is 0 Å². The standard InChI is InChI=1S/C14H18N2O/c1-11-5-2-3-7-14(11)17-10-12-6-4-8-16-13(12)9-15/h4,6,8,11,14H,2-3,5,7,10H2,1H3. The molecule has 1 fully saturated rings. The summed E-state index contributed by atoms with van der Waals surface area (Å²) in [5, 5.41) is 8.94. The molecule has 0 bridgehead atoms. The van der Waals surface area contributed by atoms with Gasteiger partial charge >= 0.3 is 0 Å². The van der Waals surface area contributed by atoms with Crippen molar-refractivity contribution in [3.05, 3.63) is 29.6 Å². The highest BCUT2D eigenvalue weighted by Gasteiger charge is 2.22.